The van der Waals surface area contributed by atoms with E-state index in [1.54, 1.807) is 25.3 Å². The predicted octanol–water partition coefficient (Wildman–Crippen LogP) is 1.71. The van der Waals surface area contributed by atoms with Gasteiger partial charge in [-0.25, -0.2) is 0 Å². The number of nitrogens with two attached hydrogens (primary N) is 1. The molecule has 0 atom stereocenters. The number of carbonyl (C=O) groups is 1. The van der Waals surface area contributed by atoms with E-state index in [1.807, 2.05) is 0 Å². The zero-order valence-electron chi connectivity index (χ0n) is 10.4. The van der Waals surface area contributed by atoms with Crippen molar-refractivity contribution in [2.45, 2.75) is 12.8 Å². The van der Waals surface area contributed by atoms with E-state index < -0.39 is 0 Å². The molecule has 1 aromatic rings. The molecule has 18 heavy (non-hydrogen) atoms. The van der Waals surface area contributed by atoms with Gasteiger partial charge in [0.1, 0.15) is 11.5 Å². The number of benzene rings is 1. The normalized spacial score (nSPS) is 9.67. The summed E-state index contributed by atoms with van der Waals surface area (Å²) >= 11 is 4.72. The molecular weight excluding hydrogens is 252 g/mol. The van der Waals surface area contributed by atoms with Gasteiger partial charge in [-0.2, -0.15) is 0 Å². The standard InChI is InChI=1S/C12H16N2O3S/c1-16-8-3-4-10(17-2)9(7-8)14-12(15)6-5-11(13)18/h3-4,7H,5-6H2,1-2H3,(H2,13,18)(H,14,15). The quantitative estimate of drug-likeness (QED) is 0.768. The summed E-state index contributed by atoms with van der Waals surface area (Å²) in [4.78, 5) is 12.0. The minimum Gasteiger partial charge on any atom is -0.497 e. The molecule has 1 rings (SSSR count). The molecule has 0 aliphatic rings. The van der Waals surface area contributed by atoms with Crippen molar-refractivity contribution in [3.05, 3.63) is 18.2 Å². The van der Waals surface area contributed by atoms with Crippen molar-refractivity contribution in [1.29, 1.82) is 0 Å². The summed E-state index contributed by atoms with van der Waals surface area (Å²) in [6.45, 7) is 0. The van der Waals surface area contributed by atoms with Crippen LogP contribution in [0.3, 0.4) is 0 Å². The summed E-state index contributed by atoms with van der Waals surface area (Å²) in [7, 11) is 3.09. The first-order chi connectivity index (χ1) is 8.56. The Morgan fingerprint density at radius 2 is 2.06 bits per heavy atom. The van der Waals surface area contributed by atoms with Gasteiger partial charge < -0.3 is 20.5 Å². The molecule has 3 N–H and O–H groups in total. The van der Waals surface area contributed by atoms with Crippen LogP contribution in [-0.4, -0.2) is 25.1 Å². The highest BCUT2D eigenvalue weighted by Crippen LogP contribution is 2.28. The van der Waals surface area contributed by atoms with Gasteiger partial charge in [0.15, 0.2) is 0 Å². The Kier molecular flexibility index (Phi) is 5.38. The summed E-state index contributed by atoms with van der Waals surface area (Å²) in [5, 5.41) is 2.73. The van der Waals surface area contributed by atoms with E-state index in [-0.39, 0.29) is 12.3 Å². The lowest BCUT2D eigenvalue weighted by molar-refractivity contribution is -0.116. The Hall–Kier alpha value is -1.82. The van der Waals surface area contributed by atoms with Gasteiger partial charge >= 0.3 is 0 Å². The number of hydrogen-bond donors (Lipinski definition) is 2. The topological polar surface area (TPSA) is 73.6 Å². The van der Waals surface area contributed by atoms with Crippen LogP contribution in [0.5, 0.6) is 11.5 Å². The van der Waals surface area contributed by atoms with Crippen molar-refractivity contribution in [3.63, 3.8) is 0 Å². The number of thiocarbonyl (C=S) groups is 1. The van der Waals surface area contributed by atoms with Crippen molar-refractivity contribution >= 4 is 28.8 Å². The van der Waals surface area contributed by atoms with Crippen LogP contribution >= 0.6 is 12.2 Å². The van der Waals surface area contributed by atoms with Gasteiger partial charge in [-0.15, -0.1) is 0 Å². The summed E-state index contributed by atoms with van der Waals surface area (Å²) in [6, 6.07) is 5.17. The van der Waals surface area contributed by atoms with Crippen LogP contribution in [0.25, 0.3) is 0 Å². The molecule has 0 fully saturated rings. The number of amides is 1. The van der Waals surface area contributed by atoms with Crippen molar-refractivity contribution in [2.75, 3.05) is 19.5 Å². The van der Waals surface area contributed by atoms with Gasteiger partial charge in [-0.3, -0.25) is 4.79 Å². The predicted molar refractivity (Wildman–Crippen MR) is 74.2 cm³/mol. The molecule has 0 aliphatic heterocycles. The van der Waals surface area contributed by atoms with E-state index >= 15 is 0 Å². The lowest BCUT2D eigenvalue weighted by Gasteiger charge is -2.11. The lowest BCUT2D eigenvalue weighted by Crippen LogP contribution is -2.16. The second-order valence-corrected chi connectivity index (χ2v) is 4.11. The van der Waals surface area contributed by atoms with Gasteiger partial charge in [-0.05, 0) is 12.1 Å². The fourth-order valence-electron chi connectivity index (χ4n) is 1.36. The molecule has 1 aromatic carbocycles. The highest BCUT2D eigenvalue weighted by molar-refractivity contribution is 7.80. The molecule has 98 valence electrons. The maximum Gasteiger partial charge on any atom is 0.224 e. The molecule has 0 spiro atoms. The average molecular weight is 268 g/mol. The number of carbonyl (C=O) groups excluding carboxylic acids is 1. The van der Waals surface area contributed by atoms with Crippen molar-refractivity contribution in [1.82, 2.24) is 0 Å². The highest BCUT2D eigenvalue weighted by Gasteiger charge is 2.09. The maximum atomic E-state index is 11.7. The van der Waals surface area contributed by atoms with Gasteiger partial charge in [0.25, 0.3) is 0 Å². The second-order valence-electron chi connectivity index (χ2n) is 3.58. The van der Waals surface area contributed by atoms with Crippen LogP contribution in [-0.2, 0) is 4.79 Å². The van der Waals surface area contributed by atoms with Crippen molar-refractivity contribution in [2.24, 2.45) is 5.73 Å². The molecule has 1 amide bonds. The van der Waals surface area contributed by atoms with Crippen LogP contribution in [0, 0.1) is 0 Å². The number of anilines is 1. The van der Waals surface area contributed by atoms with E-state index in [0.29, 0.717) is 28.6 Å². The van der Waals surface area contributed by atoms with Crippen molar-refractivity contribution in [3.8, 4) is 11.5 Å². The van der Waals surface area contributed by atoms with Crippen LogP contribution in [0.2, 0.25) is 0 Å². The van der Waals surface area contributed by atoms with E-state index in [9.17, 15) is 4.79 Å². The first kappa shape index (κ1) is 14.2. The van der Waals surface area contributed by atoms with Crippen LogP contribution < -0.4 is 20.5 Å². The van der Waals surface area contributed by atoms with Gasteiger partial charge in [0, 0.05) is 18.9 Å². The summed E-state index contributed by atoms with van der Waals surface area (Å²) in [5.41, 5.74) is 5.90. The molecule has 0 saturated carbocycles. The molecular formula is C12H16N2O3S. The third kappa shape index (κ3) is 4.21. The Morgan fingerprint density at radius 3 is 2.61 bits per heavy atom. The Bertz CT molecular complexity index is 449. The molecule has 0 bridgehead atoms. The van der Waals surface area contributed by atoms with Crippen LogP contribution in [0.1, 0.15) is 12.8 Å². The largest absolute Gasteiger partial charge is 0.497 e. The summed E-state index contributed by atoms with van der Waals surface area (Å²) in [6.07, 6.45) is 0.628. The van der Waals surface area contributed by atoms with E-state index in [4.69, 9.17) is 27.4 Å². The third-order valence-corrected chi connectivity index (χ3v) is 2.48. The van der Waals surface area contributed by atoms with E-state index in [2.05, 4.69) is 5.32 Å². The Balaban J connectivity index is 2.75. The minimum absolute atomic E-state index is 0.172. The highest BCUT2D eigenvalue weighted by atomic mass is 32.1. The molecule has 0 aromatic heterocycles. The van der Waals surface area contributed by atoms with Crippen LogP contribution in [0.15, 0.2) is 18.2 Å². The number of nitrogens with one attached hydrogen (secondary N) is 1. The maximum absolute atomic E-state index is 11.7. The fraction of sp³-hybridized carbons (Fsp3) is 0.333. The molecule has 0 saturated heterocycles. The molecule has 0 aliphatic carbocycles. The third-order valence-electron chi connectivity index (χ3n) is 2.28. The first-order valence-electron chi connectivity index (χ1n) is 5.37. The second kappa shape index (κ2) is 6.80. The molecule has 0 heterocycles. The number of rotatable bonds is 6. The average Bonchev–Trinajstić information content (AvgIpc) is 2.36. The lowest BCUT2D eigenvalue weighted by atomic mass is 10.2. The SMILES string of the molecule is COc1ccc(OC)c(NC(=O)CCC(N)=S)c1. The van der Waals surface area contributed by atoms with Crippen molar-refractivity contribution < 1.29 is 14.3 Å². The zero-order chi connectivity index (χ0) is 13.5. The zero-order valence-corrected chi connectivity index (χ0v) is 11.2. The van der Waals surface area contributed by atoms with Gasteiger partial charge in [0.2, 0.25) is 5.91 Å². The smallest absolute Gasteiger partial charge is 0.224 e. The monoisotopic (exact) mass is 268 g/mol. The Labute approximate surface area is 111 Å². The molecule has 0 radical (unpaired) electrons. The first-order valence-corrected chi connectivity index (χ1v) is 5.78. The summed E-state index contributed by atoms with van der Waals surface area (Å²) < 4.78 is 10.2. The van der Waals surface area contributed by atoms with Gasteiger partial charge in [-0.1, -0.05) is 12.2 Å². The summed E-state index contributed by atoms with van der Waals surface area (Å²) in [5.74, 6) is 1.04. The van der Waals surface area contributed by atoms with E-state index in [1.165, 1.54) is 7.11 Å². The van der Waals surface area contributed by atoms with E-state index in [0.717, 1.165) is 0 Å². The minimum atomic E-state index is -0.172. The number of ether oxygens (including phenoxy) is 2. The number of hydrogen-bond acceptors (Lipinski definition) is 4. The molecule has 6 heteroatoms. The van der Waals surface area contributed by atoms with Gasteiger partial charge in [0.05, 0.1) is 24.9 Å². The fourth-order valence-corrected chi connectivity index (χ4v) is 1.46. The number of methoxy groups -OCH3 is 2. The Morgan fingerprint density at radius 1 is 1.33 bits per heavy atom. The van der Waals surface area contributed by atoms with Crippen LogP contribution in [0.4, 0.5) is 5.69 Å². The molecule has 5 nitrogen and oxygen atoms in total. The molecule has 0 unspecified atom stereocenters.